The molecule has 2 heterocycles. The zero-order chi connectivity index (χ0) is 7.52. The normalized spacial score (nSPS) is 23.8. The number of hydrogen-bond acceptors (Lipinski definition) is 3. The quantitative estimate of drug-likeness (QED) is 0.633. The Kier molecular flexibility index (Phi) is 1.81. The second kappa shape index (κ2) is 2.96. The minimum absolute atomic E-state index is 0.609. The minimum Gasteiger partial charge on any atom is -0.316 e. The first kappa shape index (κ1) is 6.73. The fraction of sp³-hybridized carbons (Fsp3) is 0.500. The Hall–Kier alpha value is -0.960. The van der Waals surface area contributed by atoms with Crippen LogP contribution < -0.4 is 5.32 Å². The van der Waals surface area contributed by atoms with Crippen molar-refractivity contribution in [1.29, 1.82) is 0 Å². The van der Waals surface area contributed by atoms with Crippen LogP contribution in [0, 0.1) is 0 Å². The summed E-state index contributed by atoms with van der Waals surface area (Å²) in [5.41, 5.74) is 1.17. The maximum Gasteiger partial charge on any atom is 0.115 e. The molecule has 0 aromatic carbocycles. The van der Waals surface area contributed by atoms with Crippen molar-refractivity contribution in [2.45, 2.75) is 12.3 Å². The van der Waals surface area contributed by atoms with E-state index in [0.29, 0.717) is 5.92 Å². The molecule has 0 spiro atoms. The van der Waals surface area contributed by atoms with Crippen LogP contribution in [0.25, 0.3) is 0 Å². The highest BCUT2D eigenvalue weighted by Crippen LogP contribution is 2.18. The lowest BCUT2D eigenvalue weighted by Gasteiger charge is -2.04. The Morgan fingerprint density at radius 2 is 2.55 bits per heavy atom. The summed E-state index contributed by atoms with van der Waals surface area (Å²) in [6.45, 7) is 2.19. The fourth-order valence-electron chi connectivity index (χ4n) is 1.45. The Labute approximate surface area is 65.9 Å². The van der Waals surface area contributed by atoms with Gasteiger partial charge < -0.3 is 5.32 Å². The maximum atomic E-state index is 4.21. The maximum absolute atomic E-state index is 4.21. The van der Waals surface area contributed by atoms with Crippen molar-refractivity contribution in [3.8, 4) is 0 Å². The van der Waals surface area contributed by atoms with E-state index < -0.39 is 0 Å². The molecule has 0 amide bonds. The van der Waals surface area contributed by atoms with E-state index in [0.717, 1.165) is 13.1 Å². The van der Waals surface area contributed by atoms with Gasteiger partial charge in [-0.1, -0.05) is 0 Å². The average Bonchev–Trinajstić information content (AvgIpc) is 2.58. The molecule has 58 valence electrons. The first-order valence-electron chi connectivity index (χ1n) is 3.93. The van der Waals surface area contributed by atoms with Crippen LogP contribution in [0.1, 0.15) is 18.0 Å². The monoisotopic (exact) mass is 149 g/mol. The third-order valence-corrected chi connectivity index (χ3v) is 2.08. The van der Waals surface area contributed by atoms with Gasteiger partial charge in [-0.15, -0.1) is 0 Å². The molecule has 11 heavy (non-hydrogen) atoms. The third-order valence-electron chi connectivity index (χ3n) is 2.08. The number of nitrogens with one attached hydrogen (secondary N) is 1. The van der Waals surface area contributed by atoms with E-state index >= 15 is 0 Å². The van der Waals surface area contributed by atoms with E-state index in [9.17, 15) is 0 Å². The Bertz CT molecular complexity index is 216. The minimum atomic E-state index is 0.609. The largest absolute Gasteiger partial charge is 0.316 e. The van der Waals surface area contributed by atoms with Gasteiger partial charge in [-0.25, -0.2) is 9.97 Å². The molecule has 0 saturated carbocycles. The number of rotatable bonds is 1. The Balaban J connectivity index is 2.16. The summed E-state index contributed by atoms with van der Waals surface area (Å²) in [6, 6.07) is 2.00. The van der Waals surface area contributed by atoms with Crippen molar-refractivity contribution in [2.24, 2.45) is 0 Å². The van der Waals surface area contributed by atoms with Gasteiger partial charge in [0.15, 0.2) is 0 Å². The molecule has 1 aromatic rings. The van der Waals surface area contributed by atoms with Gasteiger partial charge in [0.2, 0.25) is 0 Å². The van der Waals surface area contributed by atoms with Gasteiger partial charge in [-0.3, -0.25) is 0 Å². The molecule has 3 nitrogen and oxygen atoms in total. The smallest absolute Gasteiger partial charge is 0.115 e. The second-order valence-electron chi connectivity index (χ2n) is 2.82. The van der Waals surface area contributed by atoms with Crippen molar-refractivity contribution in [1.82, 2.24) is 15.3 Å². The number of aromatic nitrogens is 2. The second-order valence-corrected chi connectivity index (χ2v) is 2.82. The average molecular weight is 149 g/mol. The molecular formula is C8H11N3. The number of hydrogen-bond donors (Lipinski definition) is 1. The lowest BCUT2D eigenvalue weighted by molar-refractivity contribution is 0.730. The Morgan fingerprint density at radius 1 is 1.55 bits per heavy atom. The molecule has 1 N–H and O–H groups in total. The SMILES string of the molecule is c1cc(C2CCNC2)ncn1. The fourth-order valence-corrected chi connectivity index (χ4v) is 1.45. The van der Waals surface area contributed by atoms with Gasteiger partial charge >= 0.3 is 0 Å². The van der Waals surface area contributed by atoms with E-state index in [1.54, 1.807) is 12.5 Å². The molecule has 1 unspecified atom stereocenters. The van der Waals surface area contributed by atoms with E-state index in [1.165, 1.54) is 12.1 Å². The van der Waals surface area contributed by atoms with Crippen molar-refractivity contribution in [3.63, 3.8) is 0 Å². The predicted octanol–water partition coefficient (Wildman–Crippen LogP) is 0.553. The van der Waals surface area contributed by atoms with Crippen molar-refractivity contribution < 1.29 is 0 Å². The third kappa shape index (κ3) is 1.38. The topological polar surface area (TPSA) is 37.8 Å². The summed E-state index contributed by atoms with van der Waals surface area (Å²) < 4.78 is 0. The van der Waals surface area contributed by atoms with Crippen LogP contribution in [0.2, 0.25) is 0 Å². The van der Waals surface area contributed by atoms with Gasteiger partial charge in [0, 0.05) is 24.4 Å². The van der Waals surface area contributed by atoms with Crippen LogP contribution in [-0.2, 0) is 0 Å². The highest BCUT2D eigenvalue weighted by molar-refractivity contribution is 5.08. The zero-order valence-electron chi connectivity index (χ0n) is 6.33. The van der Waals surface area contributed by atoms with Crippen molar-refractivity contribution in [3.05, 3.63) is 24.3 Å². The van der Waals surface area contributed by atoms with Crippen LogP contribution in [0.15, 0.2) is 18.6 Å². The van der Waals surface area contributed by atoms with E-state index in [1.807, 2.05) is 6.07 Å². The summed E-state index contributed by atoms with van der Waals surface area (Å²) >= 11 is 0. The summed E-state index contributed by atoms with van der Waals surface area (Å²) in [4.78, 5) is 8.09. The first-order chi connectivity index (χ1) is 5.47. The molecule has 1 aromatic heterocycles. The molecular weight excluding hydrogens is 138 g/mol. The molecule has 1 aliphatic heterocycles. The lowest BCUT2D eigenvalue weighted by atomic mass is 10.1. The van der Waals surface area contributed by atoms with Crippen molar-refractivity contribution >= 4 is 0 Å². The summed E-state index contributed by atoms with van der Waals surface area (Å²) in [7, 11) is 0. The molecule has 3 heteroatoms. The Morgan fingerprint density at radius 3 is 3.18 bits per heavy atom. The van der Waals surface area contributed by atoms with Crippen LogP contribution in [0.3, 0.4) is 0 Å². The summed E-state index contributed by atoms with van der Waals surface area (Å²) in [5, 5.41) is 3.31. The van der Waals surface area contributed by atoms with Gasteiger partial charge in [-0.2, -0.15) is 0 Å². The molecule has 1 fully saturated rings. The standard InChI is InChI=1S/C8H11N3/c1-3-9-5-7(1)8-2-4-10-6-11-8/h2,4,6-7,9H,1,3,5H2. The summed E-state index contributed by atoms with van der Waals surface area (Å²) in [5.74, 6) is 0.609. The van der Waals surface area contributed by atoms with E-state index in [-0.39, 0.29) is 0 Å². The molecule has 2 rings (SSSR count). The van der Waals surface area contributed by atoms with Gasteiger partial charge in [-0.05, 0) is 19.0 Å². The van der Waals surface area contributed by atoms with Crippen LogP contribution in [0.4, 0.5) is 0 Å². The highest BCUT2D eigenvalue weighted by Gasteiger charge is 2.16. The first-order valence-corrected chi connectivity index (χ1v) is 3.93. The zero-order valence-corrected chi connectivity index (χ0v) is 6.33. The van der Waals surface area contributed by atoms with Crippen LogP contribution in [-0.4, -0.2) is 23.1 Å². The lowest BCUT2D eigenvalue weighted by Crippen LogP contribution is -2.08. The van der Waals surface area contributed by atoms with Gasteiger partial charge in [0.05, 0.1) is 0 Å². The van der Waals surface area contributed by atoms with Crippen molar-refractivity contribution in [2.75, 3.05) is 13.1 Å². The van der Waals surface area contributed by atoms with Crippen LogP contribution >= 0.6 is 0 Å². The molecule has 1 atom stereocenters. The van der Waals surface area contributed by atoms with Gasteiger partial charge in [0.1, 0.15) is 6.33 Å². The molecule has 0 bridgehead atoms. The van der Waals surface area contributed by atoms with Gasteiger partial charge in [0.25, 0.3) is 0 Å². The molecule has 0 aliphatic carbocycles. The highest BCUT2D eigenvalue weighted by atomic mass is 14.9. The molecule has 0 radical (unpaired) electrons. The van der Waals surface area contributed by atoms with E-state index in [2.05, 4.69) is 15.3 Å². The molecule has 1 saturated heterocycles. The molecule has 1 aliphatic rings. The predicted molar refractivity (Wildman–Crippen MR) is 42.3 cm³/mol. The van der Waals surface area contributed by atoms with Crippen LogP contribution in [0.5, 0.6) is 0 Å². The number of nitrogens with zero attached hydrogens (tertiary/aromatic N) is 2. The summed E-state index contributed by atoms with van der Waals surface area (Å²) in [6.07, 6.45) is 4.63. The van der Waals surface area contributed by atoms with E-state index in [4.69, 9.17) is 0 Å².